The van der Waals surface area contributed by atoms with E-state index < -0.39 is 25.4 Å². The minimum atomic E-state index is -2.71. The van der Waals surface area contributed by atoms with Crippen LogP contribution in [0, 0.1) is 0 Å². The lowest BCUT2D eigenvalue weighted by Crippen LogP contribution is -2.49. The Hall–Kier alpha value is -0.200. The van der Waals surface area contributed by atoms with Crippen molar-refractivity contribution in [3.8, 4) is 0 Å². The Bertz CT molecular complexity index is 593. The Morgan fingerprint density at radius 3 is 1.82 bits per heavy atom. The Kier molecular flexibility index (Phi) is 24.5. The molecular formula is C30H60O6PS+. The molecule has 0 rings (SSSR count). The second kappa shape index (κ2) is 24.6. The fourth-order valence-corrected chi connectivity index (χ4v) is 7.03. The van der Waals surface area contributed by atoms with Crippen LogP contribution in [0.1, 0.15) is 144 Å². The third kappa shape index (κ3) is 16.2. The first kappa shape index (κ1) is 37.8. The quantitative estimate of drug-likeness (QED) is 0.0590. The largest absolute Gasteiger partial charge is 0.559 e. The maximum Gasteiger partial charge on any atom is 0.559 e. The van der Waals surface area contributed by atoms with Gasteiger partial charge >= 0.3 is 19.3 Å². The molecule has 0 spiro atoms. The summed E-state index contributed by atoms with van der Waals surface area (Å²) >= 11 is 1.93. The van der Waals surface area contributed by atoms with Crippen molar-refractivity contribution in [3.63, 3.8) is 0 Å². The first-order chi connectivity index (χ1) is 18.3. The van der Waals surface area contributed by atoms with Crippen LogP contribution in [0.25, 0.3) is 0 Å². The Morgan fingerprint density at radius 2 is 1.32 bits per heavy atom. The predicted molar refractivity (Wildman–Crippen MR) is 162 cm³/mol. The number of methoxy groups -OCH3 is 1. The highest BCUT2D eigenvalue weighted by Gasteiger charge is 2.64. The van der Waals surface area contributed by atoms with E-state index in [9.17, 15) is 14.5 Å². The monoisotopic (exact) mass is 579 g/mol. The van der Waals surface area contributed by atoms with Crippen molar-refractivity contribution in [2.45, 2.75) is 167 Å². The highest BCUT2D eigenvalue weighted by molar-refractivity contribution is 7.99. The molecular weight excluding hydrogens is 519 g/mol. The van der Waals surface area contributed by atoms with Crippen LogP contribution in [0.15, 0.2) is 0 Å². The summed E-state index contributed by atoms with van der Waals surface area (Å²) in [7, 11) is -1.54. The van der Waals surface area contributed by atoms with Crippen molar-refractivity contribution in [1.82, 2.24) is 0 Å². The van der Waals surface area contributed by atoms with Crippen molar-refractivity contribution in [1.29, 1.82) is 0 Å². The molecule has 5 unspecified atom stereocenters. The summed E-state index contributed by atoms with van der Waals surface area (Å²) in [5.74, 6) is 0.0948. The number of thioether (sulfide) groups is 1. The number of rotatable bonds is 27. The molecule has 0 aromatic carbocycles. The summed E-state index contributed by atoms with van der Waals surface area (Å²) in [4.78, 5) is 12.5. The lowest BCUT2D eigenvalue weighted by atomic mass is 10.1. The van der Waals surface area contributed by atoms with E-state index in [2.05, 4.69) is 13.8 Å². The van der Waals surface area contributed by atoms with Crippen molar-refractivity contribution >= 4 is 25.8 Å². The second-order valence-electron chi connectivity index (χ2n) is 10.6. The first-order valence-electron chi connectivity index (χ1n) is 15.5. The standard InChI is InChI=1S/C30H60O6PS/c1-7-10-12-14-16-17-18-20-22-25-38-28(23-21-19-15-13-11-8-2)26(4)36-27(5)30(32,29(31)34-6)37(33)35-24-9-3/h26-28,32H,7-25H2,1-6H3/q+1. The van der Waals surface area contributed by atoms with Crippen LogP contribution in [0.5, 0.6) is 0 Å². The molecule has 8 heteroatoms. The molecule has 0 saturated heterocycles. The number of carbonyl (C=O) groups is 1. The number of ether oxygens (including phenoxy) is 2. The van der Waals surface area contributed by atoms with Gasteiger partial charge in [0.25, 0.3) is 0 Å². The van der Waals surface area contributed by atoms with Crippen LogP contribution in [-0.2, 0) is 23.4 Å². The average Bonchev–Trinajstić information content (AvgIpc) is 2.92. The number of esters is 1. The summed E-state index contributed by atoms with van der Waals surface area (Å²) in [6.07, 6.45) is 19.6. The van der Waals surface area contributed by atoms with Gasteiger partial charge in [0, 0.05) is 5.25 Å². The summed E-state index contributed by atoms with van der Waals surface area (Å²) < 4.78 is 29.0. The lowest BCUT2D eigenvalue weighted by Gasteiger charge is -2.29. The number of hydrogen-bond donors (Lipinski definition) is 1. The Labute approximate surface area is 240 Å². The zero-order valence-electron chi connectivity index (χ0n) is 25.5. The van der Waals surface area contributed by atoms with Gasteiger partial charge in [-0.3, -0.25) is 0 Å². The summed E-state index contributed by atoms with van der Waals surface area (Å²) in [5.41, 5.74) is 0. The predicted octanol–water partition coefficient (Wildman–Crippen LogP) is 9.19. The lowest BCUT2D eigenvalue weighted by molar-refractivity contribution is -0.168. The van der Waals surface area contributed by atoms with Crippen LogP contribution >= 0.6 is 19.8 Å². The van der Waals surface area contributed by atoms with Crippen LogP contribution in [-0.4, -0.2) is 53.3 Å². The number of aliphatic hydroxyl groups is 1. The van der Waals surface area contributed by atoms with Crippen molar-refractivity contribution in [3.05, 3.63) is 0 Å². The zero-order chi connectivity index (χ0) is 28.7. The van der Waals surface area contributed by atoms with E-state index in [1.165, 1.54) is 97.0 Å². The van der Waals surface area contributed by atoms with Gasteiger partial charge in [-0.05, 0) is 43.4 Å². The maximum absolute atomic E-state index is 12.8. The SMILES string of the molecule is CCCCCCCCCCCSC(CCCCCCCC)C(C)OC(C)C(O)(C(=O)OC)[P+](=O)OCCC. The highest BCUT2D eigenvalue weighted by Crippen LogP contribution is 2.43. The maximum atomic E-state index is 12.8. The van der Waals surface area contributed by atoms with Crippen LogP contribution < -0.4 is 0 Å². The van der Waals surface area contributed by atoms with E-state index in [1.807, 2.05) is 25.6 Å². The van der Waals surface area contributed by atoms with E-state index in [-0.39, 0.29) is 18.0 Å². The van der Waals surface area contributed by atoms with E-state index in [1.54, 1.807) is 6.92 Å². The number of unbranched alkanes of at least 4 members (excludes halogenated alkanes) is 13. The molecule has 0 bridgehead atoms. The van der Waals surface area contributed by atoms with Crippen LogP contribution in [0.2, 0.25) is 0 Å². The third-order valence-corrected chi connectivity index (χ3v) is 10.2. The molecule has 0 saturated carbocycles. The van der Waals surface area contributed by atoms with Gasteiger partial charge < -0.3 is 14.6 Å². The van der Waals surface area contributed by atoms with E-state index in [4.69, 9.17) is 14.0 Å². The molecule has 0 heterocycles. The molecule has 0 fully saturated rings. The molecule has 0 aliphatic heterocycles. The van der Waals surface area contributed by atoms with E-state index >= 15 is 0 Å². The van der Waals surface area contributed by atoms with Gasteiger partial charge in [0.15, 0.2) is 0 Å². The minimum absolute atomic E-state index is 0.187. The number of hydrogen-bond acceptors (Lipinski definition) is 7. The topological polar surface area (TPSA) is 82.1 Å². The molecule has 226 valence electrons. The molecule has 6 nitrogen and oxygen atoms in total. The van der Waals surface area contributed by atoms with Gasteiger partial charge in [0.05, 0.1) is 13.2 Å². The van der Waals surface area contributed by atoms with Gasteiger partial charge in [-0.25, -0.2) is 4.79 Å². The van der Waals surface area contributed by atoms with E-state index in [0.29, 0.717) is 6.42 Å². The van der Waals surface area contributed by atoms with Crippen molar-refractivity contribution in [2.75, 3.05) is 19.5 Å². The highest BCUT2D eigenvalue weighted by atomic mass is 32.2. The minimum Gasteiger partial charge on any atom is -0.463 e. The van der Waals surface area contributed by atoms with Gasteiger partial charge in [0.1, 0.15) is 12.7 Å². The second-order valence-corrected chi connectivity index (χ2v) is 13.4. The van der Waals surface area contributed by atoms with Gasteiger partial charge in [-0.1, -0.05) is 111 Å². The van der Waals surface area contributed by atoms with Gasteiger partial charge in [0.2, 0.25) is 0 Å². The Morgan fingerprint density at radius 1 is 0.816 bits per heavy atom. The van der Waals surface area contributed by atoms with E-state index in [0.717, 1.165) is 18.6 Å². The molecule has 0 aromatic heterocycles. The molecule has 5 atom stereocenters. The molecule has 1 N–H and O–H groups in total. The fourth-order valence-electron chi connectivity index (χ4n) is 4.54. The molecule has 0 amide bonds. The van der Waals surface area contributed by atoms with Gasteiger partial charge in [-0.2, -0.15) is 11.8 Å². The average molecular weight is 580 g/mol. The summed E-state index contributed by atoms with van der Waals surface area (Å²) in [6, 6.07) is 0. The van der Waals surface area contributed by atoms with Crippen LogP contribution in [0.4, 0.5) is 0 Å². The third-order valence-electron chi connectivity index (χ3n) is 7.11. The van der Waals surface area contributed by atoms with Gasteiger partial charge in [-0.15, -0.1) is 4.52 Å². The van der Waals surface area contributed by atoms with Crippen LogP contribution in [0.3, 0.4) is 0 Å². The van der Waals surface area contributed by atoms with Crippen molar-refractivity contribution < 1.29 is 28.5 Å². The van der Waals surface area contributed by atoms with Crippen molar-refractivity contribution in [2.24, 2.45) is 0 Å². The molecule has 38 heavy (non-hydrogen) atoms. The fraction of sp³-hybridized carbons (Fsp3) is 0.967. The molecule has 0 radical (unpaired) electrons. The molecule has 0 aromatic rings. The first-order valence-corrected chi connectivity index (χ1v) is 17.7. The number of carbonyl (C=O) groups excluding carboxylic acids is 1. The normalized spacial score (nSPS) is 16.0. The summed E-state index contributed by atoms with van der Waals surface area (Å²) in [5, 5.41) is 9.03. The Balaban J connectivity index is 4.94. The molecule has 0 aliphatic rings. The summed E-state index contributed by atoms with van der Waals surface area (Å²) in [6.45, 7) is 10.1. The zero-order valence-corrected chi connectivity index (χ0v) is 27.2. The molecule has 0 aliphatic carbocycles. The smallest absolute Gasteiger partial charge is 0.463 e.